The molecule has 6 heteroatoms. The number of rotatable bonds is 4. The van der Waals surface area contributed by atoms with Gasteiger partial charge in [-0.15, -0.1) is 0 Å². The Morgan fingerprint density at radius 3 is 2.69 bits per heavy atom. The molecule has 16 heavy (non-hydrogen) atoms. The summed E-state index contributed by atoms with van der Waals surface area (Å²) in [7, 11) is 0. The van der Waals surface area contributed by atoms with Crippen molar-refractivity contribution in [1.29, 1.82) is 5.26 Å². The number of hydrogen-bond donors (Lipinski definition) is 3. The molecule has 1 rings (SSSR count). The molecular formula is C10H11FN2O3. The summed E-state index contributed by atoms with van der Waals surface area (Å²) in [5, 5.41) is 35.9. The van der Waals surface area contributed by atoms with Crippen molar-refractivity contribution in [3.63, 3.8) is 0 Å². The van der Waals surface area contributed by atoms with Gasteiger partial charge in [0.15, 0.2) is 11.5 Å². The second-order valence-corrected chi connectivity index (χ2v) is 3.24. The van der Waals surface area contributed by atoms with E-state index in [9.17, 15) is 14.6 Å². The first-order valence-corrected chi connectivity index (χ1v) is 4.62. The summed E-state index contributed by atoms with van der Waals surface area (Å²) in [6.45, 7) is -0.287. The summed E-state index contributed by atoms with van der Waals surface area (Å²) in [5.41, 5.74) is -0.301. The maximum Gasteiger partial charge on any atom is 0.176 e. The normalized spacial score (nSPS) is 14.2. The van der Waals surface area contributed by atoms with E-state index in [2.05, 4.69) is 4.98 Å². The molecule has 2 unspecified atom stereocenters. The average molecular weight is 226 g/mol. The van der Waals surface area contributed by atoms with Crippen molar-refractivity contribution in [2.24, 2.45) is 0 Å². The van der Waals surface area contributed by atoms with Crippen LogP contribution in [0.25, 0.3) is 0 Å². The van der Waals surface area contributed by atoms with Gasteiger partial charge in [0.1, 0.15) is 12.2 Å². The summed E-state index contributed by atoms with van der Waals surface area (Å²) in [6, 6.07) is 2.49. The third-order valence-electron chi connectivity index (χ3n) is 2.10. The Morgan fingerprint density at radius 2 is 2.19 bits per heavy atom. The van der Waals surface area contributed by atoms with E-state index >= 15 is 0 Å². The lowest BCUT2D eigenvalue weighted by atomic mass is 10.0. The fourth-order valence-electron chi connectivity index (χ4n) is 1.21. The van der Waals surface area contributed by atoms with Crippen molar-refractivity contribution in [3.8, 4) is 6.07 Å². The molecular weight excluding hydrogens is 215 g/mol. The molecule has 1 aromatic rings. The summed E-state index contributed by atoms with van der Waals surface area (Å²) < 4.78 is 13.1. The molecule has 0 aliphatic heterocycles. The number of aliphatic hydroxyl groups excluding tert-OH is 3. The smallest absolute Gasteiger partial charge is 0.176 e. The maximum absolute atomic E-state index is 13.1. The van der Waals surface area contributed by atoms with E-state index in [1.54, 1.807) is 6.07 Å². The lowest BCUT2D eigenvalue weighted by Crippen LogP contribution is -2.20. The first kappa shape index (κ1) is 12.5. The summed E-state index contributed by atoms with van der Waals surface area (Å²) in [5.74, 6) is -0.852. The van der Waals surface area contributed by atoms with Crippen LogP contribution in [0.2, 0.25) is 0 Å². The van der Waals surface area contributed by atoms with Gasteiger partial charge in [0.25, 0.3) is 0 Å². The highest BCUT2D eigenvalue weighted by Crippen LogP contribution is 2.19. The Balaban J connectivity index is 2.89. The minimum atomic E-state index is -1.33. The van der Waals surface area contributed by atoms with Crippen LogP contribution in [0.3, 0.4) is 0 Å². The molecule has 0 saturated carbocycles. The Kier molecular flexibility index (Phi) is 4.31. The van der Waals surface area contributed by atoms with Gasteiger partial charge in [0.05, 0.1) is 6.10 Å². The Bertz CT molecular complexity index is 406. The van der Waals surface area contributed by atoms with Crippen LogP contribution in [0.5, 0.6) is 0 Å². The van der Waals surface area contributed by atoms with Gasteiger partial charge in [0.2, 0.25) is 0 Å². The molecule has 5 nitrogen and oxygen atoms in total. The molecule has 3 N–H and O–H groups in total. The fraction of sp³-hybridized carbons (Fsp3) is 0.400. The third kappa shape index (κ3) is 2.73. The van der Waals surface area contributed by atoms with Crippen LogP contribution in [-0.2, 0) is 0 Å². The average Bonchev–Trinajstić information content (AvgIpc) is 2.28. The predicted molar refractivity (Wildman–Crippen MR) is 51.6 cm³/mol. The van der Waals surface area contributed by atoms with E-state index in [1.165, 1.54) is 0 Å². The zero-order valence-corrected chi connectivity index (χ0v) is 8.34. The van der Waals surface area contributed by atoms with E-state index < -0.39 is 18.0 Å². The number of hydrogen-bond acceptors (Lipinski definition) is 5. The first-order chi connectivity index (χ1) is 7.60. The zero-order valence-electron chi connectivity index (χ0n) is 8.34. The molecule has 86 valence electrons. The van der Waals surface area contributed by atoms with E-state index in [1.807, 2.05) is 0 Å². The van der Waals surface area contributed by atoms with E-state index in [0.717, 1.165) is 12.3 Å². The molecule has 0 aliphatic carbocycles. The molecule has 0 spiro atoms. The van der Waals surface area contributed by atoms with Crippen molar-refractivity contribution in [2.75, 3.05) is 6.61 Å². The molecule has 0 aromatic carbocycles. The van der Waals surface area contributed by atoms with Crippen molar-refractivity contribution < 1.29 is 19.7 Å². The van der Waals surface area contributed by atoms with Gasteiger partial charge in [-0.05, 0) is 12.5 Å². The fourth-order valence-corrected chi connectivity index (χ4v) is 1.21. The van der Waals surface area contributed by atoms with Crippen LogP contribution in [0, 0.1) is 17.1 Å². The van der Waals surface area contributed by atoms with E-state index in [4.69, 9.17) is 10.4 Å². The van der Waals surface area contributed by atoms with Crippen molar-refractivity contribution in [2.45, 2.75) is 18.6 Å². The summed E-state index contributed by atoms with van der Waals surface area (Å²) in [6.07, 6.45) is -1.43. The van der Waals surface area contributed by atoms with E-state index in [0.29, 0.717) is 0 Å². The van der Waals surface area contributed by atoms with Crippen molar-refractivity contribution in [1.82, 2.24) is 4.98 Å². The zero-order chi connectivity index (χ0) is 12.1. The number of halogens is 1. The van der Waals surface area contributed by atoms with Crippen LogP contribution in [0.15, 0.2) is 12.3 Å². The Hall–Kier alpha value is -1.55. The molecule has 2 atom stereocenters. The van der Waals surface area contributed by atoms with Crippen LogP contribution >= 0.6 is 0 Å². The highest BCUT2D eigenvalue weighted by Gasteiger charge is 2.19. The van der Waals surface area contributed by atoms with E-state index in [-0.39, 0.29) is 24.3 Å². The van der Waals surface area contributed by atoms with Gasteiger partial charge in [-0.25, -0.2) is 9.37 Å². The molecule has 0 fully saturated rings. The third-order valence-corrected chi connectivity index (χ3v) is 2.10. The molecule has 0 bridgehead atoms. The monoisotopic (exact) mass is 226 g/mol. The molecule has 0 amide bonds. The second kappa shape index (κ2) is 5.51. The molecule has 1 aromatic heterocycles. The second-order valence-electron chi connectivity index (χ2n) is 3.24. The van der Waals surface area contributed by atoms with Crippen molar-refractivity contribution >= 4 is 0 Å². The van der Waals surface area contributed by atoms with Crippen LogP contribution in [-0.4, -0.2) is 33.0 Å². The van der Waals surface area contributed by atoms with Gasteiger partial charge in [-0.2, -0.15) is 5.26 Å². The lowest BCUT2D eigenvalue weighted by molar-refractivity contribution is 0.00388. The van der Waals surface area contributed by atoms with Crippen LogP contribution in [0.1, 0.15) is 23.8 Å². The number of nitrogens with zero attached hydrogens (tertiary/aromatic N) is 2. The van der Waals surface area contributed by atoms with Gasteiger partial charge in [-0.3, -0.25) is 0 Å². The quantitative estimate of drug-likeness (QED) is 0.664. The Morgan fingerprint density at radius 1 is 1.50 bits per heavy atom. The highest BCUT2D eigenvalue weighted by atomic mass is 19.1. The van der Waals surface area contributed by atoms with Crippen LogP contribution < -0.4 is 0 Å². The number of aliphatic hydroxyl groups is 3. The maximum atomic E-state index is 13.1. The summed E-state index contributed by atoms with van der Waals surface area (Å²) in [4.78, 5) is 3.49. The highest BCUT2D eigenvalue weighted by molar-refractivity contribution is 5.26. The van der Waals surface area contributed by atoms with Gasteiger partial charge < -0.3 is 15.3 Å². The molecule has 1 heterocycles. The van der Waals surface area contributed by atoms with Gasteiger partial charge >= 0.3 is 0 Å². The standard InChI is InChI=1S/C10H11FN2O3/c11-7-3-6(5-13-8(7)4-12)10(16)9(15)1-2-14/h3,5,9-10,14-16H,1-2H2. The topological polar surface area (TPSA) is 97.4 Å². The molecule has 0 aliphatic rings. The predicted octanol–water partition coefficient (Wildman–Crippen LogP) is -0.131. The minimum absolute atomic E-state index is 0.0250. The van der Waals surface area contributed by atoms with Crippen LogP contribution in [0.4, 0.5) is 4.39 Å². The minimum Gasteiger partial charge on any atom is -0.396 e. The molecule has 0 radical (unpaired) electrons. The number of pyridine rings is 1. The largest absolute Gasteiger partial charge is 0.396 e. The number of aromatic nitrogens is 1. The first-order valence-electron chi connectivity index (χ1n) is 4.62. The van der Waals surface area contributed by atoms with Crippen molar-refractivity contribution in [3.05, 3.63) is 29.3 Å². The molecule has 0 saturated heterocycles. The lowest BCUT2D eigenvalue weighted by Gasteiger charge is -2.16. The SMILES string of the molecule is N#Cc1ncc(C(O)C(O)CCO)cc1F. The summed E-state index contributed by atoms with van der Waals surface area (Å²) >= 11 is 0. The Labute approximate surface area is 91.4 Å². The van der Waals surface area contributed by atoms with Gasteiger partial charge in [0, 0.05) is 18.4 Å². The van der Waals surface area contributed by atoms with Gasteiger partial charge in [-0.1, -0.05) is 0 Å². The number of nitriles is 1.